The van der Waals surface area contributed by atoms with Gasteiger partial charge in [0.05, 0.1) is 0 Å². The standard InChI is InChI=1S/C13H21N3/c1-10-8-9-14-13(15-10)16-11(2)12-6-4-3-5-7-12/h8-9,11-12H,3-7H2,1-2H3,(H,14,15,16). The highest BCUT2D eigenvalue weighted by Gasteiger charge is 2.20. The molecule has 0 aliphatic heterocycles. The molecule has 0 bridgehead atoms. The van der Waals surface area contributed by atoms with E-state index in [1.165, 1.54) is 32.1 Å². The Morgan fingerprint density at radius 2 is 2.06 bits per heavy atom. The summed E-state index contributed by atoms with van der Waals surface area (Å²) in [6.07, 6.45) is 8.68. The summed E-state index contributed by atoms with van der Waals surface area (Å²) >= 11 is 0. The summed E-state index contributed by atoms with van der Waals surface area (Å²) in [6.45, 7) is 4.25. The fourth-order valence-corrected chi connectivity index (χ4v) is 2.47. The molecule has 1 heterocycles. The molecule has 16 heavy (non-hydrogen) atoms. The first-order chi connectivity index (χ1) is 7.75. The zero-order chi connectivity index (χ0) is 11.4. The van der Waals surface area contributed by atoms with Gasteiger partial charge < -0.3 is 5.32 Å². The molecule has 3 nitrogen and oxygen atoms in total. The summed E-state index contributed by atoms with van der Waals surface area (Å²) in [5.41, 5.74) is 1.02. The Bertz CT molecular complexity index is 332. The van der Waals surface area contributed by atoms with Crippen LogP contribution in [0.5, 0.6) is 0 Å². The molecule has 1 unspecified atom stereocenters. The highest BCUT2D eigenvalue weighted by molar-refractivity contribution is 5.26. The second-order valence-electron chi connectivity index (χ2n) is 4.85. The molecule has 0 aromatic carbocycles. The van der Waals surface area contributed by atoms with Gasteiger partial charge in [0.1, 0.15) is 0 Å². The predicted molar refractivity (Wildman–Crippen MR) is 66.4 cm³/mol. The number of aromatic nitrogens is 2. The van der Waals surface area contributed by atoms with Crippen LogP contribution in [0.4, 0.5) is 5.95 Å². The van der Waals surface area contributed by atoms with Crippen molar-refractivity contribution >= 4 is 5.95 Å². The van der Waals surface area contributed by atoms with Crippen LogP contribution < -0.4 is 5.32 Å². The maximum atomic E-state index is 4.39. The molecule has 1 aromatic heterocycles. The average molecular weight is 219 g/mol. The molecule has 0 radical (unpaired) electrons. The van der Waals surface area contributed by atoms with E-state index in [1.807, 2.05) is 19.2 Å². The molecule has 2 rings (SSSR count). The van der Waals surface area contributed by atoms with Crippen LogP contribution in [-0.2, 0) is 0 Å². The lowest BCUT2D eigenvalue weighted by molar-refractivity contribution is 0.327. The smallest absolute Gasteiger partial charge is 0.223 e. The fraction of sp³-hybridized carbons (Fsp3) is 0.692. The number of nitrogens with one attached hydrogen (secondary N) is 1. The van der Waals surface area contributed by atoms with Crippen LogP contribution in [0.3, 0.4) is 0 Å². The first kappa shape index (κ1) is 11.4. The van der Waals surface area contributed by atoms with Crippen LogP contribution in [0, 0.1) is 12.8 Å². The van der Waals surface area contributed by atoms with E-state index < -0.39 is 0 Å². The normalized spacial score (nSPS) is 19.4. The van der Waals surface area contributed by atoms with Crippen molar-refractivity contribution in [1.82, 2.24) is 9.97 Å². The molecule has 1 atom stereocenters. The van der Waals surface area contributed by atoms with Gasteiger partial charge in [0, 0.05) is 17.9 Å². The molecular formula is C13H21N3. The van der Waals surface area contributed by atoms with Crippen molar-refractivity contribution in [3.05, 3.63) is 18.0 Å². The van der Waals surface area contributed by atoms with Crippen LogP contribution in [0.15, 0.2) is 12.3 Å². The summed E-state index contributed by atoms with van der Waals surface area (Å²) in [6, 6.07) is 2.42. The topological polar surface area (TPSA) is 37.8 Å². The van der Waals surface area contributed by atoms with Gasteiger partial charge in [-0.25, -0.2) is 9.97 Å². The Hall–Kier alpha value is -1.12. The maximum absolute atomic E-state index is 4.39. The monoisotopic (exact) mass is 219 g/mol. The summed E-state index contributed by atoms with van der Waals surface area (Å²) in [5.74, 6) is 1.57. The van der Waals surface area contributed by atoms with E-state index >= 15 is 0 Å². The van der Waals surface area contributed by atoms with Gasteiger partial charge in [-0.1, -0.05) is 19.3 Å². The van der Waals surface area contributed by atoms with Crippen molar-refractivity contribution in [3.8, 4) is 0 Å². The molecule has 1 aliphatic rings. The van der Waals surface area contributed by atoms with E-state index in [4.69, 9.17) is 0 Å². The van der Waals surface area contributed by atoms with Crippen LogP contribution >= 0.6 is 0 Å². The van der Waals surface area contributed by atoms with Crippen LogP contribution in [0.2, 0.25) is 0 Å². The van der Waals surface area contributed by atoms with Crippen molar-refractivity contribution in [2.75, 3.05) is 5.32 Å². The van der Waals surface area contributed by atoms with E-state index in [2.05, 4.69) is 22.2 Å². The lowest BCUT2D eigenvalue weighted by Gasteiger charge is -2.28. The zero-order valence-corrected chi connectivity index (χ0v) is 10.2. The maximum Gasteiger partial charge on any atom is 0.223 e. The number of rotatable bonds is 3. The highest BCUT2D eigenvalue weighted by Crippen LogP contribution is 2.27. The van der Waals surface area contributed by atoms with Gasteiger partial charge in [-0.2, -0.15) is 0 Å². The Morgan fingerprint density at radius 3 is 2.75 bits per heavy atom. The van der Waals surface area contributed by atoms with Crippen molar-refractivity contribution in [1.29, 1.82) is 0 Å². The van der Waals surface area contributed by atoms with Crippen molar-refractivity contribution < 1.29 is 0 Å². The Morgan fingerprint density at radius 1 is 1.31 bits per heavy atom. The molecule has 1 saturated carbocycles. The molecule has 3 heteroatoms. The van der Waals surface area contributed by atoms with Gasteiger partial charge in [-0.05, 0) is 38.7 Å². The summed E-state index contributed by atoms with van der Waals surface area (Å²) in [4.78, 5) is 8.64. The van der Waals surface area contributed by atoms with Gasteiger partial charge >= 0.3 is 0 Å². The first-order valence-electron chi connectivity index (χ1n) is 6.32. The zero-order valence-electron chi connectivity index (χ0n) is 10.2. The molecule has 1 fully saturated rings. The van der Waals surface area contributed by atoms with E-state index in [9.17, 15) is 0 Å². The van der Waals surface area contributed by atoms with E-state index in [0.29, 0.717) is 6.04 Å². The Labute approximate surface area is 97.7 Å². The molecular weight excluding hydrogens is 198 g/mol. The molecule has 0 saturated heterocycles. The number of nitrogens with zero attached hydrogens (tertiary/aromatic N) is 2. The van der Waals surface area contributed by atoms with Crippen molar-refractivity contribution in [3.63, 3.8) is 0 Å². The highest BCUT2D eigenvalue weighted by atomic mass is 15.1. The summed E-state index contributed by atoms with van der Waals surface area (Å²) in [5, 5.41) is 3.43. The molecule has 0 spiro atoms. The second-order valence-corrected chi connectivity index (χ2v) is 4.85. The number of hydrogen-bond acceptors (Lipinski definition) is 3. The fourth-order valence-electron chi connectivity index (χ4n) is 2.47. The third kappa shape index (κ3) is 2.94. The first-order valence-corrected chi connectivity index (χ1v) is 6.32. The third-order valence-corrected chi connectivity index (χ3v) is 3.51. The van der Waals surface area contributed by atoms with Crippen molar-refractivity contribution in [2.24, 2.45) is 5.92 Å². The lowest BCUT2D eigenvalue weighted by atomic mass is 9.85. The van der Waals surface area contributed by atoms with Crippen LogP contribution in [0.25, 0.3) is 0 Å². The van der Waals surface area contributed by atoms with Crippen LogP contribution in [0.1, 0.15) is 44.7 Å². The van der Waals surface area contributed by atoms with Gasteiger partial charge in [0.25, 0.3) is 0 Å². The Kier molecular flexibility index (Phi) is 3.75. The number of hydrogen-bond donors (Lipinski definition) is 1. The number of aryl methyl sites for hydroxylation is 1. The van der Waals surface area contributed by atoms with E-state index in [-0.39, 0.29) is 0 Å². The summed E-state index contributed by atoms with van der Waals surface area (Å²) in [7, 11) is 0. The van der Waals surface area contributed by atoms with E-state index in [0.717, 1.165) is 17.6 Å². The molecule has 88 valence electrons. The third-order valence-electron chi connectivity index (χ3n) is 3.51. The van der Waals surface area contributed by atoms with Gasteiger partial charge in [0.2, 0.25) is 5.95 Å². The minimum absolute atomic E-state index is 0.488. The molecule has 1 N–H and O–H groups in total. The number of anilines is 1. The largest absolute Gasteiger partial charge is 0.351 e. The summed E-state index contributed by atoms with van der Waals surface area (Å²) < 4.78 is 0. The van der Waals surface area contributed by atoms with Crippen LogP contribution in [-0.4, -0.2) is 16.0 Å². The second kappa shape index (κ2) is 5.28. The molecule has 0 amide bonds. The SMILES string of the molecule is Cc1ccnc(NC(C)C2CCCCC2)n1. The lowest BCUT2D eigenvalue weighted by Crippen LogP contribution is -2.28. The average Bonchev–Trinajstić information content (AvgIpc) is 2.30. The predicted octanol–water partition coefficient (Wildman–Crippen LogP) is 3.17. The molecule has 1 aromatic rings. The quantitative estimate of drug-likeness (QED) is 0.848. The molecule has 1 aliphatic carbocycles. The van der Waals surface area contributed by atoms with Gasteiger partial charge in [-0.15, -0.1) is 0 Å². The van der Waals surface area contributed by atoms with Crippen molar-refractivity contribution in [2.45, 2.75) is 52.0 Å². The van der Waals surface area contributed by atoms with E-state index in [1.54, 1.807) is 0 Å². The minimum Gasteiger partial charge on any atom is -0.351 e. The van der Waals surface area contributed by atoms with Gasteiger partial charge in [0.15, 0.2) is 0 Å². The minimum atomic E-state index is 0.488. The van der Waals surface area contributed by atoms with Gasteiger partial charge in [-0.3, -0.25) is 0 Å². The Balaban J connectivity index is 1.93.